The van der Waals surface area contributed by atoms with Crippen LogP contribution in [-0.4, -0.2) is 75.2 Å². The second kappa shape index (κ2) is 12.4. The van der Waals surface area contributed by atoms with Gasteiger partial charge in [0.25, 0.3) is 5.91 Å². The van der Waals surface area contributed by atoms with Gasteiger partial charge in [-0.15, -0.1) is 0 Å². The maximum absolute atomic E-state index is 12.6. The number of nitrogens with zero attached hydrogens (tertiary/aromatic N) is 2. The molecular weight excluding hydrogens is 507 g/mol. The molecule has 11 heteroatoms. The summed E-state index contributed by atoms with van der Waals surface area (Å²) in [5, 5.41) is 6.45. The number of halogens is 2. The first kappa shape index (κ1) is 26.2. The Kier molecular flexibility index (Phi) is 9.03. The molecule has 3 amide bonds. The quantitative estimate of drug-likeness (QED) is 0.513. The van der Waals surface area contributed by atoms with Gasteiger partial charge in [-0.25, -0.2) is 0 Å². The first-order chi connectivity index (χ1) is 17.4. The van der Waals surface area contributed by atoms with Crippen molar-refractivity contribution >= 4 is 52.3 Å². The number of ether oxygens (including phenoxy) is 2. The molecule has 192 valence electrons. The van der Waals surface area contributed by atoms with Crippen LogP contribution in [0.5, 0.6) is 5.75 Å². The SMILES string of the molecule is O=C(COc1ccc(N2C[C@H](C(=O)NCCN3CCOCC3)CC2=O)cc1)Nc1cc(Cl)cc(Cl)c1. The van der Waals surface area contributed by atoms with Gasteiger partial charge >= 0.3 is 0 Å². The topological polar surface area (TPSA) is 100 Å². The van der Waals surface area contributed by atoms with Crippen LogP contribution >= 0.6 is 23.2 Å². The third-order valence-electron chi connectivity index (χ3n) is 5.99. The highest BCUT2D eigenvalue weighted by Gasteiger charge is 2.35. The molecule has 2 aliphatic rings. The smallest absolute Gasteiger partial charge is 0.262 e. The summed E-state index contributed by atoms with van der Waals surface area (Å²) >= 11 is 11.9. The molecule has 36 heavy (non-hydrogen) atoms. The van der Waals surface area contributed by atoms with Gasteiger partial charge in [0, 0.05) is 60.6 Å². The lowest BCUT2D eigenvalue weighted by Gasteiger charge is -2.26. The third kappa shape index (κ3) is 7.33. The van der Waals surface area contributed by atoms with Gasteiger partial charge in [0.05, 0.1) is 19.1 Å². The normalized spacial score (nSPS) is 18.2. The molecule has 0 bridgehead atoms. The summed E-state index contributed by atoms with van der Waals surface area (Å²) in [5.74, 6) is -0.485. The maximum Gasteiger partial charge on any atom is 0.262 e. The van der Waals surface area contributed by atoms with Crippen LogP contribution in [0.4, 0.5) is 11.4 Å². The Morgan fingerprint density at radius 2 is 1.75 bits per heavy atom. The fraction of sp³-hybridized carbons (Fsp3) is 0.400. The summed E-state index contributed by atoms with van der Waals surface area (Å²) in [7, 11) is 0. The van der Waals surface area contributed by atoms with Crippen LogP contribution in [0.25, 0.3) is 0 Å². The fourth-order valence-electron chi connectivity index (χ4n) is 4.13. The van der Waals surface area contributed by atoms with Crippen LogP contribution < -0.4 is 20.3 Å². The minimum Gasteiger partial charge on any atom is -0.484 e. The lowest BCUT2D eigenvalue weighted by molar-refractivity contribution is -0.126. The molecule has 4 rings (SSSR count). The van der Waals surface area contributed by atoms with E-state index in [4.69, 9.17) is 32.7 Å². The van der Waals surface area contributed by atoms with Gasteiger partial charge in [-0.2, -0.15) is 0 Å². The number of amides is 3. The number of hydrogen-bond acceptors (Lipinski definition) is 6. The maximum atomic E-state index is 12.6. The molecular formula is C25H28Cl2N4O5. The fourth-order valence-corrected chi connectivity index (χ4v) is 4.66. The first-order valence-corrected chi connectivity index (χ1v) is 12.5. The second-order valence-corrected chi connectivity index (χ2v) is 9.51. The number of morpholine rings is 1. The molecule has 1 atom stereocenters. The van der Waals surface area contributed by atoms with Gasteiger partial charge < -0.3 is 25.0 Å². The van der Waals surface area contributed by atoms with Crippen molar-refractivity contribution in [2.45, 2.75) is 6.42 Å². The molecule has 0 radical (unpaired) electrons. The van der Waals surface area contributed by atoms with Crippen molar-refractivity contribution in [3.8, 4) is 5.75 Å². The van der Waals surface area contributed by atoms with Gasteiger partial charge in [0.15, 0.2) is 6.61 Å². The number of hydrogen-bond donors (Lipinski definition) is 2. The van der Waals surface area contributed by atoms with Crippen LogP contribution in [0.3, 0.4) is 0 Å². The number of anilines is 2. The van der Waals surface area contributed by atoms with Gasteiger partial charge in [-0.05, 0) is 42.5 Å². The number of benzene rings is 2. The molecule has 2 heterocycles. The van der Waals surface area contributed by atoms with Crippen molar-refractivity contribution in [3.63, 3.8) is 0 Å². The minimum absolute atomic E-state index is 0.100. The molecule has 0 aliphatic carbocycles. The monoisotopic (exact) mass is 534 g/mol. The van der Waals surface area contributed by atoms with E-state index in [-0.39, 0.29) is 36.7 Å². The average Bonchev–Trinajstić information content (AvgIpc) is 3.25. The Morgan fingerprint density at radius 1 is 1.06 bits per heavy atom. The molecule has 2 aromatic carbocycles. The number of rotatable bonds is 9. The largest absolute Gasteiger partial charge is 0.484 e. The molecule has 2 aromatic rings. The zero-order chi connectivity index (χ0) is 25.5. The highest BCUT2D eigenvalue weighted by Crippen LogP contribution is 2.27. The lowest BCUT2D eigenvalue weighted by atomic mass is 10.1. The number of carbonyl (C=O) groups excluding carboxylic acids is 3. The predicted molar refractivity (Wildman–Crippen MR) is 138 cm³/mol. The molecule has 0 spiro atoms. The van der Waals surface area contributed by atoms with E-state index >= 15 is 0 Å². The Balaban J connectivity index is 1.22. The number of nitrogens with one attached hydrogen (secondary N) is 2. The van der Waals surface area contributed by atoms with Gasteiger partial charge in [-0.3, -0.25) is 19.3 Å². The Bertz CT molecular complexity index is 1070. The molecule has 2 fully saturated rings. The summed E-state index contributed by atoms with van der Waals surface area (Å²) in [6, 6.07) is 11.6. The molecule has 0 saturated carbocycles. The van der Waals surface area contributed by atoms with E-state index in [0.29, 0.717) is 40.3 Å². The van der Waals surface area contributed by atoms with Gasteiger partial charge in [0.1, 0.15) is 5.75 Å². The van der Waals surface area contributed by atoms with Gasteiger partial charge in [-0.1, -0.05) is 23.2 Å². The molecule has 2 N–H and O–H groups in total. The Morgan fingerprint density at radius 3 is 2.44 bits per heavy atom. The molecule has 9 nitrogen and oxygen atoms in total. The van der Waals surface area contributed by atoms with Crippen molar-refractivity contribution in [2.75, 3.05) is 62.8 Å². The van der Waals surface area contributed by atoms with Crippen LogP contribution in [0, 0.1) is 5.92 Å². The molecule has 2 saturated heterocycles. The summed E-state index contributed by atoms with van der Waals surface area (Å²) in [6.45, 7) is 4.61. The molecule has 0 aromatic heterocycles. The van der Waals surface area contributed by atoms with Crippen molar-refractivity contribution in [1.82, 2.24) is 10.2 Å². The summed E-state index contributed by atoms with van der Waals surface area (Å²) in [5.41, 5.74) is 1.15. The third-order valence-corrected chi connectivity index (χ3v) is 6.43. The zero-order valence-corrected chi connectivity index (χ0v) is 21.2. The van der Waals surface area contributed by atoms with Crippen molar-refractivity contribution in [3.05, 3.63) is 52.5 Å². The van der Waals surface area contributed by atoms with E-state index in [1.807, 2.05) is 0 Å². The summed E-state index contributed by atoms with van der Waals surface area (Å²) < 4.78 is 10.9. The van der Waals surface area contributed by atoms with E-state index in [1.54, 1.807) is 47.4 Å². The van der Waals surface area contributed by atoms with E-state index in [1.165, 1.54) is 0 Å². The van der Waals surface area contributed by atoms with Crippen molar-refractivity contribution in [1.29, 1.82) is 0 Å². The van der Waals surface area contributed by atoms with E-state index in [0.717, 1.165) is 32.8 Å². The Labute approximate surface area is 219 Å². The Hall–Kier alpha value is -2.85. The van der Waals surface area contributed by atoms with Crippen LogP contribution in [0.2, 0.25) is 10.0 Å². The highest BCUT2D eigenvalue weighted by molar-refractivity contribution is 6.35. The molecule has 0 unspecified atom stereocenters. The van der Waals surface area contributed by atoms with E-state index in [9.17, 15) is 14.4 Å². The van der Waals surface area contributed by atoms with Crippen molar-refractivity contribution < 1.29 is 23.9 Å². The summed E-state index contributed by atoms with van der Waals surface area (Å²) in [6.07, 6.45) is 0.176. The minimum atomic E-state index is -0.387. The second-order valence-electron chi connectivity index (χ2n) is 8.64. The van der Waals surface area contributed by atoms with Crippen LogP contribution in [-0.2, 0) is 19.1 Å². The van der Waals surface area contributed by atoms with Crippen LogP contribution in [0.15, 0.2) is 42.5 Å². The first-order valence-electron chi connectivity index (χ1n) is 11.7. The van der Waals surface area contributed by atoms with E-state index in [2.05, 4.69) is 15.5 Å². The van der Waals surface area contributed by atoms with Crippen molar-refractivity contribution in [2.24, 2.45) is 5.92 Å². The van der Waals surface area contributed by atoms with Gasteiger partial charge in [0.2, 0.25) is 11.8 Å². The average molecular weight is 535 g/mol. The predicted octanol–water partition coefficient (Wildman–Crippen LogP) is 2.81. The standard InChI is InChI=1S/C25H28Cl2N4O5/c26-18-12-19(27)14-20(13-18)29-23(32)16-36-22-3-1-21(2-4-22)31-15-17(11-24(31)33)25(34)28-5-6-30-7-9-35-10-8-30/h1-4,12-14,17H,5-11,15-16H2,(H,28,34)(H,29,32)/t17-/m1/s1. The summed E-state index contributed by atoms with van der Waals surface area (Å²) in [4.78, 5) is 41.1. The highest BCUT2D eigenvalue weighted by atomic mass is 35.5. The number of carbonyl (C=O) groups is 3. The van der Waals surface area contributed by atoms with Crippen LogP contribution in [0.1, 0.15) is 6.42 Å². The zero-order valence-electron chi connectivity index (χ0n) is 19.7. The molecule has 2 aliphatic heterocycles. The lowest BCUT2D eigenvalue weighted by Crippen LogP contribution is -2.42. The van der Waals surface area contributed by atoms with E-state index < -0.39 is 0 Å².